The third-order valence-electron chi connectivity index (χ3n) is 2.92. The SMILES string of the molecule is CCOC(=O)CCC(=O)N[C@@H](Cc1ccccc1Br)C(N)=O. The highest BCUT2D eigenvalue weighted by Crippen LogP contribution is 2.17. The van der Waals surface area contributed by atoms with Crippen molar-refractivity contribution in [3.8, 4) is 0 Å². The largest absolute Gasteiger partial charge is 0.466 e. The van der Waals surface area contributed by atoms with Gasteiger partial charge in [-0.1, -0.05) is 34.1 Å². The minimum atomic E-state index is -0.826. The molecule has 0 aliphatic carbocycles. The monoisotopic (exact) mass is 370 g/mol. The molecule has 0 saturated heterocycles. The van der Waals surface area contributed by atoms with Crippen LogP contribution in [0.5, 0.6) is 0 Å². The average Bonchev–Trinajstić information content (AvgIpc) is 2.47. The Hall–Kier alpha value is -1.89. The molecule has 1 aromatic rings. The second kappa shape index (κ2) is 9.19. The molecule has 22 heavy (non-hydrogen) atoms. The predicted molar refractivity (Wildman–Crippen MR) is 84.8 cm³/mol. The van der Waals surface area contributed by atoms with Crippen molar-refractivity contribution in [3.63, 3.8) is 0 Å². The molecule has 0 heterocycles. The number of hydrogen-bond acceptors (Lipinski definition) is 4. The molecule has 0 aliphatic rings. The Balaban J connectivity index is 2.58. The second-order valence-electron chi connectivity index (χ2n) is 4.62. The van der Waals surface area contributed by atoms with Crippen LogP contribution in [0.25, 0.3) is 0 Å². The molecule has 0 bridgehead atoms. The number of hydrogen-bond donors (Lipinski definition) is 2. The topological polar surface area (TPSA) is 98.5 Å². The van der Waals surface area contributed by atoms with Crippen LogP contribution in [-0.2, 0) is 25.5 Å². The van der Waals surface area contributed by atoms with Crippen LogP contribution in [0.2, 0.25) is 0 Å². The van der Waals surface area contributed by atoms with Gasteiger partial charge in [0.05, 0.1) is 13.0 Å². The van der Waals surface area contributed by atoms with Gasteiger partial charge in [-0.05, 0) is 18.6 Å². The number of carbonyl (C=O) groups excluding carboxylic acids is 3. The van der Waals surface area contributed by atoms with Gasteiger partial charge in [-0.25, -0.2) is 0 Å². The van der Waals surface area contributed by atoms with Gasteiger partial charge in [0.15, 0.2) is 0 Å². The Bertz CT molecular complexity index is 548. The molecule has 0 unspecified atom stereocenters. The Morgan fingerprint density at radius 3 is 2.55 bits per heavy atom. The van der Waals surface area contributed by atoms with E-state index >= 15 is 0 Å². The standard InChI is InChI=1S/C15H19BrN2O4/c1-2-22-14(20)8-7-13(19)18-12(15(17)21)9-10-5-3-4-6-11(10)16/h3-6,12H,2,7-9H2,1H3,(H2,17,21)(H,18,19)/t12-/m0/s1. The summed E-state index contributed by atoms with van der Waals surface area (Å²) in [6, 6.07) is 6.54. The van der Waals surface area contributed by atoms with Gasteiger partial charge >= 0.3 is 5.97 Å². The Kier molecular flexibility index (Phi) is 7.59. The van der Waals surface area contributed by atoms with Crippen molar-refractivity contribution in [1.82, 2.24) is 5.32 Å². The van der Waals surface area contributed by atoms with Gasteiger partial charge in [-0.2, -0.15) is 0 Å². The minimum Gasteiger partial charge on any atom is -0.466 e. The molecule has 0 radical (unpaired) electrons. The number of carbonyl (C=O) groups is 3. The Morgan fingerprint density at radius 1 is 1.27 bits per heavy atom. The lowest BCUT2D eigenvalue weighted by Crippen LogP contribution is -2.46. The number of rotatable bonds is 8. The number of nitrogens with one attached hydrogen (secondary N) is 1. The summed E-state index contributed by atoms with van der Waals surface area (Å²) in [5, 5.41) is 2.55. The summed E-state index contributed by atoms with van der Waals surface area (Å²) in [6.45, 7) is 1.96. The number of nitrogens with two attached hydrogens (primary N) is 1. The number of halogens is 1. The predicted octanol–water partition coefficient (Wildman–Crippen LogP) is 1.30. The lowest BCUT2D eigenvalue weighted by molar-refractivity contribution is -0.144. The average molecular weight is 371 g/mol. The van der Waals surface area contributed by atoms with Crippen molar-refractivity contribution in [3.05, 3.63) is 34.3 Å². The molecule has 1 atom stereocenters. The van der Waals surface area contributed by atoms with Gasteiger partial charge in [0, 0.05) is 17.3 Å². The summed E-state index contributed by atoms with van der Waals surface area (Å²) in [7, 11) is 0. The number of amides is 2. The van der Waals surface area contributed by atoms with Crippen molar-refractivity contribution in [2.45, 2.75) is 32.2 Å². The quantitative estimate of drug-likeness (QED) is 0.673. The highest BCUT2D eigenvalue weighted by atomic mass is 79.9. The molecule has 0 aromatic heterocycles. The first kappa shape index (κ1) is 18.2. The Labute approximate surface area is 137 Å². The van der Waals surface area contributed by atoms with Crippen LogP contribution in [0, 0.1) is 0 Å². The van der Waals surface area contributed by atoms with Crippen LogP contribution in [0.15, 0.2) is 28.7 Å². The molecule has 0 spiro atoms. The maximum Gasteiger partial charge on any atom is 0.306 e. The van der Waals surface area contributed by atoms with E-state index < -0.39 is 23.8 Å². The fourth-order valence-electron chi connectivity index (χ4n) is 1.82. The van der Waals surface area contributed by atoms with Gasteiger partial charge < -0.3 is 15.8 Å². The zero-order chi connectivity index (χ0) is 16.5. The fraction of sp³-hybridized carbons (Fsp3) is 0.400. The number of benzene rings is 1. The summed E-state index contributed by atoms with van der Waals surface area (Å²) >= 11 is 3.38. The van der Waals surface area contributed by atoms with Gasteiger partial charge in [0.25, 0.3) is 0 Å². The van der Waals surface area contributed by atoms with Crippen molar-refractivity contribution in [2.24, 2.45) is 5.73 Å². The second-order valence-corrected chi connectivity index (χ2v) is 5.48. The normalized spacial score (nSPS) is 11.5. The zero-order valence-corrected chi connectivity index (χ0v) is 13.9. The van der Waals surface area contributed by atoms with Crippen LogP contribution in [-0.4, -0.2) is 30.4 Å². The molecule has 6 nitrogen and oxygen atoms in total. The van der Waals surface area contributed by atoms with Crippen LogP contribution in [0.3, 0.4) is 0 Å². The molecule has 3 N–H and O–H groups in total. The first-order valence-corrected chi connectivity index (χ1v) is 7.71. The molecule has 0 fully saturated rings. The smallest absolute Gasteiger partial charge is 0.306 e. The van der Waals surface area contributed by atoms with Crippen molar-refractivity contribution in [1.29, 1.82) is 0 Å². The molecule has 1 aromatic carbocycles. The van der Waals surface area contributed by atoms with Crippen LogP contribution in [0.1, 0.15) is 25.3 Å². The molecular weight excluding hydrogens is 352 g/mol. The van der Waals surface area contributed by atoms with Crippen LogP contribution < -0.4 is 11.1 Å². The molecule has 7 heteroatoms. The fourth-order valence-corrected chi connectivity index (χ4v) is 2.27. The van der Waals surface area contributed by atoms with Crippen molar-refractivity contribution >= 4 is 33.7 Å². The van der Waals surface area contributed by atoms with E-state index in [-0.39, 0.29) is 25.9 Å². The maximum absolute atomic E-state index is 11.8. The number of ether oxygens (including phenoxy) is 1. The highest BCUT2D eigenvalue weighted by Gasteiger charge is 2.20. The van der Waals surface area contributed by atoms with E-state index in [0.29, 0.717) is 0 Å². The summed E-state index contributed by atoms with van der Waals surface area (Å²) in [4.78, 5) is 34.5. The highest BCUT2D eigenvalue weighted by molar-refractivity contribution is 9.10. The molecule has 2 amide bonds. The van der Waals surface area contributed by atoms with E-state index in [9.17, 15) is 14.4 Å². The van der Waals surface area contributed by atoms with Gasteiger partial charge in [0.1, 0.15) is 6.04 Å². The van der Waals surface area contributed by atoms with Gasteiger partial charge in [-0.3, -0.25) is 14.4 Å². The van der Waals surface area contributed by atoms with Crippen molar-refractivity contribution in [2.75, 3.05) is 6.61 Å². The summed E-state index contributed by atoms with van der Waals surface area (Å²) in [5.41, 5.74) is 6.18. The van der Waals surface area contributed by atoms with Crippen LogP contribution in [0.4, 0.5) is 0 Å². The first-order valence-electron chi connectivity index (χ1n) is 6.91. The molecule has 120 valence electrons. The number of primary amides is 1. The lowest BCUT2D eigenvalue weighted by atomic mass is 10.1. The lowest BCUT2D eigenvalue weighted by Gasteiger charge is -2.16. The minimum absolute atomic E-state index is 0.0276. The van der Waals surface area contributed by atoms with E-state index in [1.165, 1.54) is 0 Å². The maximum atomic E-state index is 11.8. The van der Waals surface area contributed by atoms with Crippen LogP contribution >= 0.6 is 15.9 Å². The third-order valence-corrected chi connectivity index (χ3v) is 3.70. The summed E-state index contributed by atoms with van der Waals surface area (Å²) in [6.07, 6.45) is 0.209. The van der Waals surface area contributed by atoms with E-state index in [4.69, 9.17) is 10.5 Å². The summed E-state index contributed by atoms with van der Waals surface area (Å²) in [5.74, 6) is -1.48. The van der Waals surface area contributed by atoms with E-state index in [1.54, 1.807) is 6.92 Å². The first-order chi connectivity index (χ1) is 10.4. The van der Waals surface area contributed by atoms with E-state index in [1.807, 2.05) is 24.3 Å². The number of esters is 1. The van der Waals surface area contributed by atoms with E-state index in [2.05, 4.69) is 21.2 Å². The molecule has 1 rings (SSSR count). The molecule has 0 saturated carbocycles. The summed E-state index contributed by atoms with van der Waals surface area (Å²) < 4.78 is 5.57. The van der Waals surface area contributed by atoms with E-state index in [0.717, 1.165) is 10.0 Å². The molecule has 0 aliphatic heterocycles. The van der Waals surface area contributed by atoms with Crippen molar-refractivity contribution < 1.29 is 19.1 Å². The molecular formula is C15H19BrN2O4. The van der Waals surface area contributed by atoms with Gasteiger partial charge in [-0.15, -0.1) is 0 Å². The Morgan fingerprint density at radius 2 is 1.95 bits per heavy atom. The zero-order valence-electron chi connectivity index (χ0n) is 12.3. The van der Waals surface area contributed by atoms with Gasteiger partial charge in [0.2, 0.25) is 11.8 Å². The third kappa shape index (κ3) is 6.26.